The number of carbonyl (C=O) groups is 1. The van der Waals surface area contributed by atoms with E-state index in [1.54, 1.807) is 35.7 Å². The molecule has 0 spiro atoms. The van der Waals surface area contributed by atoms with Crippen molar-refractivity contribution in [3.05, 3.63) is 61.2 Å². The normalized spacial score (nSPS) is 10.5. The molecule has 7 heteroatoms. The number of carbonyl (C=O) groups excluding carboxylic acids is 1. The van der Waals surface area contributed by atoms with Crippen LogP contribution in [0.25, 0.3) is 5.69 Å². The van der Waals surface area contributed by atoms with Crippen LogP contribution in [0, 0.1) is 0 Å². The van der Waals surface area contributed by atoms with Gasteiger partial charge in [-0.25, -0.2) is 19.4 Å². The lowest BCUT2D eigenvalue weighted by Crippen LogP contribution is -2.11. The average Bonchev–Trinajstić information content (AvgIpc) is 3.21. The molecule has 3 aromatic rings. The summed E-state index contributed by atoms with van der Waals surface area (Å²) in [5, 5.41) is 3.93. The fraction of sp³-hybridized carbons (Fsp3) is 0.143. The fourth-order valence-electron chi connectivity index (χ4n) is 1.84. The summed E-state index contributed by atoms with van der Waals surface area (Å²) in [6.45, 7) is 0.740. The predicted molar refractivity (Wildman–Crippen MR) is 73.9 cm³/mol. The second-order valence-corrected chi connectivity index (χ2v) is 4.31. The quantitative estimate of drug-likeness (QED) is 0.660. The fourth-order valence-corrected chi connectivity index (χ4v) is 1.84. The SMILES string of the molecule is O=C(OCCn1cncn1)c1ccc(-n2ccnc2)cc1. The second kappa shape index (κ2) is 6.00. The van der Waals surface area contributed by atoms with E-state index in [0.29, 0.717) is 12.1 Å². The van der Waals surface area contributed by atoms with Gasteiger partial charge in [0.25, 0.3) is 0 Å². The van der Waals surface area contributed by atoms with E-state index in [1.165, 1.54) is 6.33 Å². The molecule has 0 N–H and O–H groups in total. The van der Waals surface area contributed by atoms with E-state index >= 15 is 0 Å². The van der Waals surface area contributed by atoms with Crippen LogP contribution in [-0.2, 0) is 11.3 Å². The zero-order valence-electron chi connectivity index (χ0n) is 11.2. The molecule has 3 rings (SSSR count). The van der Waals surface area contributed by atoms with Crippen molar-refractivity contribution in [3.63, 3.8) is 0 Å². The lowest BCUT2D eigenvalue weighted by atomic mass is 10.2. The van der Waals surface area contributed by atoms with Crippen LogP contribution in [-0.4, -0.2) is 36.9 Å². The van der Waals surface area contributed by atoms with E-state index in [0.717, 1.165) is 5.69 Å². The molecule has 2 aromatic heterocycles. The standard InChI is InChI=1S/C14H13N5O2/c20-14(21-8-7-19-11-16-9-17-19)12-1-3-13(4-2-12)18-6-5-15-10-18/h1-6,9-11H,7-8H2. The van der Waals surface area contributed by atoms with Crippen LogP contribution >= 0.6 is 0 Å². The van der Waals surface area contributed by atoms with Gasteiger partial charge in [0.1, 0.15) is 19.3 Å². The Kier molecular flexibility index (Phi) is 3.72. The van der Waals surface area contributed by atoms with Crippen molar-refractivity contribution in [1.29, 1.82) is 0 Å². The third-order valence-electron chi connectivity index (χ3n) is 2.93. The molecule has 0 radical (unpaired) electrons. The van der Waals surface area contributed by atoms with Gasteiger partial charge in [0, 0.05) is 18.1 Å². The summed E-state index contributed by atoms with van der Waals surface area (Å²) in [5.74, 6) is -0.354. The van der Waals surface area contributed by atoms with Crippen molar-refractivity contribution in [2.24, 2.45) is 0 Å². The molecule has 0 aliphatic carbocycles. The molecule has 2 heterocycles. The van der Waals surface area contributed by atoms with E-state index in [1.807, 2.05) is 22.9 Å². The molecule has 0 atom stereocenters. The number of aromatic nitrogens is 5. The Morgan fingerprint density at radius 3 is 2.67 bits per heavy atom. The summed E-state index contributed by atoms with van der Waals surface area (Å²) in [5.41, 5.74) is 1.45. The van der Waals surface area contributed by atoms with Crippen molar-refractivity contribution in [1.82, 2.24) is 24.3 Å². The van der Waals surface area contributed by atoms with Gasteiger partial charge in [-0.3, -0.25) is 0 Å². The highest BCUT2D eigenvalue weighted by molar-refractivity contribution is 5.89. The molecule has 21 heavy (non-hydrogen) atoms. The zero-order valence-corrected chi connectivity index (χ0v) is 11.2. The van der Waals surface area contributed by atoms with E-state index in [4.69, 9.17) is 4.74 Å². The summed E-state index contributed by atoms with van der Waals surface area (Å²) >= 11 is 0. The number of hydrogen-bond acceptors (Lipinski definition) is 5. The van der Waals surface area contributed by atoms with Gasteiger partial charge in [0.05, 0.1) is 18.4 Å². The van der Waals surface area contributed by atoms with Crippen molar-refractivity contribution < 1.29 is 9.53 Å². The van der Waals surface area contributed by atoms with Crippen molar-refractivity contribution >= 4 is 5.97 Å². The van der Waals surface area contributed by atoms with E-state index in [9.17, 15) is 4.79 Å². The molecule has 0 saturated carbocycles. The van der Waals surface area contributed by atoms with Crippen LogP contribution in [0.2, 0.25) is 0 Å². The average molecular weight is 283 g/mol. The molecule has 0 fully saturated rings. The first-order valence-corrected chi connectivity index (χ1v) is 6.41. The molecule has 7 nitrogen and oxygen atoms in total. The lowest BCUT2D eigenvalue weighted by Gasteiger charge is -2.06. The first-order valence-electron chi connectivity index (χ1n) is 6.41. The summed E-state index contributed by atoms with van der Waals surface area (Å²) < 4.78 is 8.65. The number of ether oxygens (including phenoxy) is 1. The summed E-state index contributed by atoms with van der Waals surface area (Å²) in [4.78, 5) is 19.7. The molecule has 0 unspecified atom stereocenters. The van der Waals surface area contributed by atoms with Gasteiger partial charge in [0.15, 0.2) is 0 Å². The van der Waals surface area contributed by atoms with Crippen LogP contribution in [0.4, 0.5) is 0 Å². The van der Waals surface area contributed by atoms with Gasteiger partial charge in [-0.05, 0) is 24.3 Å². The molecule has 0 bridgehead atoms. The van der Waals surface area contributed by atoms with Crippen molar-refractivity contribution in [2.75, 3.05) is 6.61 Å². The molecule has 0 saturated heterocycles. The van der Waals surface area contributed by atoms with Crippen LogP contribution in [0.3, 0.4) is 0 Å². The van der Waals surface area contributed by atoms with Crippen molar-refractivity contribution in [3.8, 4) is 5.69 Å². The van der Waals surface area contributed by atoms with Gasteiger partial charge >= 0.3 is 5.97 Å². The Morgan fingerprint density at radius 1 is 1.14 bits per heavy atom. The molecule has 0 amide bonds. The smallest absolute Gasteiger partial charge is 0.338 e. The highest BCUT2D eigenvalue weighted by atomic mass is 16.5. The summed E-state index contributed by atoms with van der Waals surface area (Å²) in [6, 6.07) is 7.14. The Labute approximate surface area is 120 Å². The number of imidazole rings is 1. The zero-order chi connectivity index (χ0) is 14.5. The maximum absolute atomic E-state index is 11.9. The van der Waals surface area contributed by atoms with Crippen LogP contribution in [0.15, 0.2) is 55.6 Å². The maximum atomic E-state index is 11.9. The Balaban J connectivity index is 1.57. The molecule has 106 valence electrons. The minimum Gasteiger partial charge on any atom is -0.460 e. The molecule has 0 aliphatic rings. The topological polar surface area (TPSA) is 74.8 Å². The van der Waals surface area contributed by atoms with Gasteiger partial charge in [-0.15, -0.1) is 0 Å². The first kappa shape index (κ1) is 13.0. The Hall–Kier alpha value is -2.96. The highest BCUT2D eigenvalue weighted by Gasteiger charge is 2.07. The maximum Gasteiger partial charge on any atom is 0.338 e. The van der Waals surface area contributed by atoms with E-state index < -0.39 is 0 Å². The van der Waals surface area contributed by atoms with Gasteiger partial charge in [-0.2, -0.15) is 5.10 Å². The number of esters is 1. The number of rotatable bonds is 5. The minimum atomic E-state index is -0.354. The second-order valence-electron chi connectivity index (χ2n) is 4.31. The summed E-state index contributed by atoms with van der Waals surface area (Å²) in [7, 11) is 0. The highest BCUT2D eigenvalue weighted by Crippen LogP contribution is 2.10. The third kappa shape index (κ3) is 3.14. The first-order chi connectivity index (χ1) is 10.3. The molecule has 1 aromatic carbocycles. The lowest BCUT2D eigenvalue weighted by molar-refractivity contribution is 0.0487. The van der Waals surface area contributed by atoms with Gasteiger partial charge < -0.3 is 9.30 Å². The largest absolute Gasteiger partial charge is 0.460 e. The summed E-state index contributed by atoms with van der Waals surface area (Å²) in [6.07, 6.45) is 8.26. The monoisotopic (exact) mass is 283 g/mol. The van der Waals surface area contributed by atoms with E-state index in [-0.39, 0.29) is 12.6 Å². The van der Waals surface area contributed by atoms with Crippen LogP contribution < -0.4 is 0 Å². The van der Waals surface area contributed by atoms with Crippen LogP contribution in [0.1, 0.15) is 10.4 Å². The molecule has 0 aliphatic heterocycles. The van der Waals surface area contributed by atoms with E-state index in [2.05, 4.69) is 15.1 Å². The molecular weight excluding hydrogens is 270 g/mol. The van der Waals surface area contributed by atoms with Crippen molar-refractivity contribution in [2.45, 2.75) is 6.54 Å². The van der Waals surface area contributed by atoms with Gasteiger partial charge in [0.2, 0.25) is 0 Å². The Bertz CT molecular complexity index is 690. The number of nitrogens with zero attached hydrogens (tertiary/aromatic N) is 5. The van der Waals surface area contributed by atoms with Crippen LogP contribution in [0.5, 0.6) is 0 Å². The molecular formula is C14H13N5O2. The minimum absolute atomic E-state index is 0.255. The van der Waals surface area contributed by atoms with Gasteiger partial charge in [-0.1, -0.05) is 0 Å². The number of hydrogen-bond donors (Lipinski definition) is 0. The Morgan fingerprint density at radius 2 is 2.00 bits per heavy atom. The number of benzene rings is 1. The third-order valence-corrected chi connectivity index (χ3v) is 2.93. The predicted octanol–water partition coefficient (Wildman–Crippen LogP) is 1.32.